The number of benzene rings is 3. The molecule has 0 bridgehead atoms. The van der Waals surface area contributed by atoms with Crippen molar-refractivity contribution in [2.75, 3.05) is 34.4 Å². The van der Waals surface area contributed by atoms with Crippen LogP contribution in [0.2, 0.25) is 0 Å². The molecule has 6 heteroatoms. The molecular formula is C44H66N4O2. The van der Waals surface area contributed by atoms with Gasteiger partial charge in [0.15, 0.2) is 0 Å². The van der Waals surface area contributed by atoms with Crippen LogP contribution in [0.5, 0.6) is 0 Å². The molecule has 0 saturated heterocycles. The smallest absolute Gasteiger partial charge is 0.255 e. The van der Waals surface area contributed by atoms with Crippen LogP contribution in [-0.4, -0.2) is 24.9 Å². The predicted octanol–water partition coefficient (Wildman–Crippen LogP) is 12.9. The van der Waals surface area contributed by atoms with Crippen LogP contribution in [0.25, 0.3) is 0 Å². The van der Waals surface area contributed by atoms with Crippen LogP contribution in [0.1, 0.15) is 163 Å². The Labute approximate surface area is 304 Å². The van der Waals surface area contributed by atoms with Gasteiger partial charge in [-0.3, -0.25) is 9.59 Å². The van der Waals surface area contributed by atoms with Crippen LogP contribution < -0.4 is 21.3 Å². The number of hydrogen-bond donors (Lipinski definition) is 4. The molecule has 50 heavy (non-hydrogen) atoms. The summed E-state index contributed by atoms with van der Waals surface area (Å²) >= 11 is 0. The Balaban J connectivity index is 1.30. The van der Waals surface area contributed by atoms with Gasteiger partial charge in [-0.2, -0.15) is 0 Å². The van der Waals surface area contributed by atoms with Crippen LogP contribution in [-0.2, 0) is 0 Å². The van der Waals surface area contributed by atoms with Crippen molar-refractivity contribution < 1.29 is 9.59 Å². The van der Waals surface area contributed by atoms with Crippen molar-refractivity contribution in [1.82, 2.24) is 0 Å². The highest BCUT2D eigenvalue weighted by Crippen LogP contribution is 2.19. The van der Waals surface area contributed by atoms with Gasteiger partial charge in [-0.15, -0.1) is 0 Å². The molecule has 0 aliphatic rings. The maximum absolute atomic E-state index is 13.0. The third kappa shape index (κ3) is 17.7. The van der Waals surface area contributed by atoms with Gasteiger partial charge in [0.2, 0.25) is 0 Å². The summed E-state index contributed by atoms with van der Waals surface area (Å²) in [6.07, 6.45) is 26.6. The van der Waals surface area contributed by atoms with Gasteiger partial charge in [0.25, 0.3) is 11.8 Å². The van der Waals surface area contributed by atoms with E-state index in [-0.39, 0.29) is 11.8 Å². The molecule has 0 heterocycles. The zero-order chi connectivity index (χ0) is 35.5. The van der Waals surface area contributed by atoms with Gasteiger partial charge in [0, 0.05) is 47.0 Å². The van der Waals surface area contributed by atoms with Crippen molar-refractivity contribution in [3.63, 3.8) is 0 Å². The topological polar surface area (TPSA) is 82.3 Å². The quantitative estimate of drug-likeness (QED) is 0.0575. The van der Waals surface area contributed by atoms with Gasteiger partial charge in [0.05, 0.1) is 0 Å². The van der Waals surface area contributed by atoms with E-state index in [0.29, 0.717) is 11.1 Å². The molecule has 4 N–H and O–H groups in total. The molecule has 274 valence electrons. The van der Waals surface area contributed by atoms with E-state index < -0.39 is 0 Å². The lowest BCUT2D eigenvalue weighted by molar-refractivity contribution is 0.102. The summed E-state index contributed by atoms with van der Waals surface area (Å²) in [4.78, 5) is 26.0. The Kier molecular flexibility index (Phi) is 21.2. The van der Waals surface area contributed by atoms with E-state index in [1.54, 1.807) is 24.3 Å². The second-order valence-electron chi connectivity index (χ2n) is 13.9. The normalized spacial score (nSPS) is 10.9. The summed E-state index contributed by atoms with van der Waals surface area (Å²) in [5, 5.41) is 12.9. The molecule has 3 aromatic rings. The Bertz CT molecular complexity index is 1220. The monoisotopic (exact) mass is 683 g/mol. The minimum atomic E-state index is -0.247. The first-order valence-corrected chi connectivity index (χ1v) is 20.0. The molecule has 0 atom stereocenters. The van der Waals surface area contributed by atoms with Crippen molar-refractivity contribution >= 4 is 34.6 Å². The molecule has 0 spiro atoms. The molecule has 2 amide bonds. The van der Waals surface area contributed by atoms with E-state index >= 15 is 0 Å². The first-order valence-electron chi connectivity index (χ1n) is 20.0. The van der Waals surface area contributed by atoms with E-state index in [1.165, 1.54) is 128 Å². The molecular weight excluding hydrogens is 617 g/mol. The maximum atomic E-state index is 13.0. The molecule has 0 radical (unpaired) electrons. The number of carbonyl (C=O) groups is 2. The summed E-state index contributed by atoms with van der Waals surface area (Å²) in [6, 6.07) is 22.4. The zero-order valence-corrected chi connectivity index (χ0v) is 31.3. The van der Waals surface area contributed by atoms with Gasteiger partial charge < -0.3 is 21.3 Å². The van der Waals surface area contributed by atoms with E-state index in [4.69, 9.17) is 0 Å². The van der Waals surface area contributed by atoms with Crippen LogP contribution >= 0.6 is 0 Å². The zero-order valence-electron chi connectivity index (χ0n) is 31.3. The lowest BCUT2D eigenvalue weighted by atomic mass is 10.1. The first kappa shape index (κ1) is 40.6. The SMILES string of the molecule is CCCCCCCCCCCCNc1ccc(NC(=O)c2cccc(C(=O)Nc3ccc(NCCCCCCCCCCCC)cc3)c2)cc1. The fourth-order valence-electron chi connectivity index (χ4n) is 6.24. The highest BCUT2D eigenvalue weighted by Gasteiger charge is 2.12. The molecule has 0 unspecified atom stereocenters. The van der Waals surface area contributed by atoms with E-state index in [1.807, 2.05) is 48.5 Å². The molecule has 3 aromatic carbocycles. The third-order valence-corrected chi connectivity index (χ3v) is 9.39. The fourth-order valence-corrected chi connectivity index (χ4v) is 6.24. The summed E-state index contributed by atoms with van der Waals surface area (Å²) in [7, 11) is 0. The van der Waals surface area contributed by atoms with Crippen molar-refractivity contribution in [3.05, 3.63) is 83.9 Å². The van der Waals surface area contributed by atoms with Crippen molar-refractivity contribution in [1.29, 1.82) is 0 Å². The highest BCUT2D eigenvalue weighted by atomic mass is 16.2. The number of carbonyl (C=O) groups excluding carboxylic acids is 2. The molecule has 0 aromatic heterocycles. The van der Waals surface area contributed by atoms with E-state index in [2.05, 4.69) is 35.1 Å². The van der Waals surface area contributed by atoms with Crippen LogP contribution in [0.15, 0.2) is 72.8 Å². The fraction of sp³-hybridized carbons (Fsp3) is 0.545. The molecule has 0 fully saturated rings. The van der Waals surface area contributed by atoms with Crippen LogP contribution in [0.4, 0.5) is 22.7 Å². The van der Waals surface area contributed by atoms with Gasteiger partial charge in [0.1, 0.15) is 0 Å². The summed E-state index contributed by atoms with van der Waals surface area (Å²) < 4.78 is 0. The van der Waals surface area contributed by atoms with Gasteiger partial charge in [-0.1, -0.05) is 135 Å². The van der Waals surface area contributed by atoms with E-state index in [9.17, 15) is 9.59 Å². The Morgan fingerprint density at radius 3 is 1.04 bits per heavy atom. The van der Waals surface area contributed by atoms with Crippen molar-refractivity contribution in [3.8, 4) is 0 Å². The Morgan fingerprint density at radius 2 is 0.700 bits per heavy atom. The molecule has 0 aliphatic heterocycles. The largest absolute Gasteiger partial charge is 0.385 e. The second kappa shape index (κ2) is 26.1. The van der Waals surface area contributed by atoms with Crippen LogP contribution in [0, 0.1) is 0 Å². The van der Waals surface area contributed by atoms with E-state index in [0.717, 1.165) is 35.8 Å². The number of rotatable bonds is 28. The van der Waals surface area contributed by atoms with Gasteiger partial charge in [-0.25, -0.2) is 0 Å². The minimum absolute atomic E-state index is 0.247. The lowest BCUT2D eigenvalue weighted by Crippen LogP contribution is -2.15. The molecule has 6 nitrogen and oxygen atoms in total. The number of nitrogens with one attached hydrogen (secondary N) is 4. The Hall–Kier alpha value is -3.80. The standard InChI is InChI=1S/C44H66N4O2/c1-3-5-7-9-11-13-15-17-19-21-34-45-39-26-30-41(31-27-39)47-43(49)37-24-23-25-38(36-37)44(50)48-42-32-28-40(29-33-42)46-35-22-20-18-16-14-12-10-8-6-4-2/h23-33,36,45-46H,3-22,34-35H2,1-2H3,(H,47,49)(H,48,50). The van der Waals surface area contributed by atoms with Gasteiger partial charge in [-0.05, 0) is 79.6 Å². The average Bonchev–Trinajstić information content (AvgIpc) is 3.14. The van der Waals surface area contributed by atoms with Crippen molar-refractivity contribution in [2.45, 2.75) is 142 Å². The average molecular weight is 683 g/mol. The summed E-state index contributed by atoms with van der Waals surface area (Å²) in [6.45, 7) is 6.45. The predicted molar refractivity (Wildman–Crippen MR) is 216 cm³/mol. The van der Waals surface area contributed by atoms with Crippen LogP contribution in [0.3, 0.4) is 0 Å². The first-order chi connectivity index (χ1) is 24.6. The van der Waals surface area contributed by atoms with Crippen molar-refractivity contribution in [2.24, 2.45) is 0 Å². The summed E-state index contributed by atoms with van der Waals surface area (Å²) in [5.74, 6) is -0.493. The highest BCUT2D eigenvalue weighted by molar-refractivity contribution is 6.08. The third-order valence-electron chi connectivity index (χ3n) is 9.39. The minimum Gasteiger partial charge on any atom is -0.385 e. The number of unbranched alkanes of at least 4 members (excludes halogenated alkanes) is 18. The number of hydrogen-bond acceptors (Lipinski definition) is 4. The molecule has 3 rings (SSSR count). The molecule has 0 saturated carbocycles. The second-order valence-corrected chi connectivity index (χ2v) is 13.9. The number of amides is 2. The Morgan fingerprint density at radius 1 is 0.400 bits per heavy atom. The lowest BCUT2D eigenvalue weighted by Gasteiger charge is -2.10. The molecule has 0 aliphatic carbocycles. The van der Waals surface area contributed by atoms with Gasteiger partial charge >= 0.3 is 0 Å². The number of anilines is 4. The maximum Gasteiger partial charge on any atom is 0.255 e. The summed E-state index contributed by atoms with van der Waals surface area (Å²) in [5.41, 5.74) is 4.41.